The van der Waals surface area contributed by atoms with Crippen LogP contribution in [0.5, 0.6) is 0 Å². The molecule has 0 rings (SSSR count). The summed E-state index contributed by atoms with van der Waals surface area (Å²) in [5.41, 5.74) is 0. The molecule has 0 radical (unpaired) electrons. The lowest BCUT2D eigenvalue weighted by Crippen LogP contribution is -2.17. The van der Waals surface area contributed by atoms with E-state index in [-0.39, 0.29) is 23.8 Å². The molecule has 0 amide bonds. The van der Waals surface area contributed by atoms with Crippen LogP contribution in [0.1, 0.15) is 195 Å². The minimum Gasteiger partial charge on any atom is -0.465 e. The van der Waals surface area contributed by atoms with E-state index in [4.69, 9.17) is 14.2 Å². The van der Waals surface area contributed by atoms with Crippen molar-refractivity contribution in [2.75, 3.05) is 40.5 Å². The molecule has 0 saturated carbocycles. The number of carbonyl (C=O) groups excluding carboxylic acids is 2. The van der Waals surface area contributed by atoms with Crippen LogP contribution in [-0.2, 0) is 23.8 Å². The van der Waals surface area contributed by atoms with Gasteiger partial charge in [-0.2, -0.15) is 0 Å². The number of hydrogen-bond donors (Lipinski definition) is 0. The zero-order valence-corrected chi connectivity index (χ0v) is 32.4. The van der Waals surface area contributed by atoms with Gasteiger partial charge in [0.15, 0.2) is 0 Å². The predicted molar refractivity (Wildman–Crippen MR) is 200 cm³/mol. The minimum atomic E-state index is 0.0183. The van der Waals surface area contributed by atoms with Gasteiger partial charge in [0.25, 0.3) is 0 Å². The van der Waals surface area contributed by atoms with Crippen LogP contribution in [0.15, 0.2) is 0 Å². The third-order valence-electron chi connectivity index (χ3n) is 9.65. The molecule has 0 saturated heterocycles. The molecule has 0 bridgehead atoms. The number of unbranched alkanes of at least 4 members (excludes halogenated alkanes) is 15. The third-order valence-corrected chi connectivity index (χ3v) is 9.65. The summed E-state index contributed by atoms with van der Waals surface area (Å²) in [7, 11) is 4.28. The summed E-state index contributed by atoms with van der Waals surface area (Å²) < 4.78 is 17.5. The normalized spacial score (nSPS) is 13.5. The van der Waals surface area contributed by atoms with Gasteiger partial charge in [0.05, 0.1) is 31.2 Å². The van der Waals surface area contributed by atoms with Gasteiger partial charge >= 0.3 is 11.9 Å². The van der Waals surface area contributed by atoms with E-state index in [0.29, 0.717) is 19.3 Å². The number of rotatable bonds is 36. The van der Waals surface area contributed by atoms with Crippen molar-refractivity contribution in [1.82, 2.24) is 4.90 Å². The Morgan fingerprint density at radius 2 is 0.851 bits per heavy atom. The van der Waals surface area contributed by atoms with E-state index >= 15 is 0 Å². The molecule has 6 nitrogen and oxygen atoms in total. The summed E-state index contributed by atoms with van der Waals surface area (Å²) in [5.74, 6) is 0.222. The van der Waals surface area contributed by atoms with Gasteiger partial charge in [-0.3, -0.25) is 9.59 Å². The van der Waals surface area contributed by atoms with Crippen molar-refractivity contribution in [3.05, 3.63) is 0 Å². The van der Waals surface area contributed by atoms with E-state index in [1.807, 2.05) is 0 Å². The lowest BCUT2D eigenvalue weighted by atomic mass is 10.00. The van der Waals surface area contributed by atoms with Crippen molar-refractivity contribution in [3.63, 3.8) is 0 Å². The molecule has 2 atom stereocenters. The van der Waals surface area contributed by atoms with Crippen LogP contribution in [0.4, 0.5) is 0 Å². The lowest BCUT2D eigenvalue weighted by Gasteiger charge is -2.18. The molecule has 0 N–H and O–H groups in total. The van der Waals surface area contributed by atoms with Crippen LogP contribution >= 0.6 is 0 Å². The van der Waals surface area contributed by atoms with E-state index in [1.54, 1.807) is 0 Å². The molecule has 0 aliphatic rings. The topological polar surface area (TPSA) is 65.1 Å². The highest BCUT2D eigenvalue weighted by molar-refractivity contribution is 5.72. The maximum absolute atomic E-state index is 12.2. The quantitative estimate of drug-likeness (QED) is 0.0489. The molecule has 0 aromatic heterocycles. The Balaban J connectivity index is 4.02. The van der Waals surface area contributed by atoms with Gasteiger partial charge in [-0.15, -0.1) is 0 Å². The van der Waals surface area contributed by atoms with Crippen molar-refractivity contribution in [3.8, 4) is 0 Å². The summed E-state index contributed by atoms with van der Waals surface area (Å²) >= 11 is 0. The fourth-order valence-corrected chi connectivity index (χ4v) is 6.27. The van der Waals surface area contributed by atoms with Crippen LogP contribution < -0.4 is 0 Å². The number of esters is 2. The van der Waals surface area contributed by atoms with Gasteiger partial charge in [-0.25, -0.2) is 0 Å². The molecule has 0 fully saturated rings. The first-order valence-corrected chi connectivity index (χ1v) is 20.5. The fraction of sp³-hybridized carbons (Fsp3) is 0.951. The van der Waals surface area contributed by atoms with E-state index in [2.05, 4.69) is 46.7 Å². The van der Waals surface area contributed by atoms with Crippen molar-refractivity contribution < 1.29 is 23.8 Å². The second-order valence-corrected chi connectivity index (χ2v) is 14.4. The molecule has 280 valence electrons. The monoisotopic (exact) mass is 668 g/mol. The number of ether oxygens (including phenoxy) is 3. The van der Waals surface area contributed by atoms with Crippen LogP contribution in [0, 0.1) is 11.8 Å². The molecule has 0 aliphatic carbocycles. The van der Waals surface area contributed by atoms with Crippen LogP contribution in [0.3, 0.4) is 0 Å². The van der Waals surface area contributed by atoms with Gasteiger partial charge < -0.3 is 19.1 Å². The first kappa shape index (κ1) is 45.9. The largest absolute Gasteiger partial charge is 0.465 e. The first-order chi connectivity index (χ1) is 22.9. The predicted octanol–water partition coefficient (Wildman–Crippen LogP) is 11.5. The molecule has 47 heavy (non-hydrogen) atoms. The van der Waals surface area contributed by atoms with Gasteiger partial charge in [0.2, 0.25) is 0 Å². The Morgan fingerprint density at radius 3 is 1.23 bits per heavy atom. The zero-order valence-electron chi connectivity index (χ0n) is 32.4. The minimum absolute atomic E-state index is 0.0183. The van der Waals surface area contributed by atoms with Crippen molar-refractivity contribution in [2.24, 2.45) is 11.8 Å². The van der Waals surface area contributed by atoms with Gasteiger partial charge in [-0.1, -0.05) is 130 Å². The molecule has 6 heteroatoms. The van der Waals surface area contributed by atoms with E-state index in [1.165, 1.54) is 83.5 Å². The van der Waals surface area contributed by atoms with Gasteiger partial charge in [-0.05, 0) is 84.8 Å². The Kier molecular flexibility index (Phi) is 33.9. The highest BCUT2D eigenvalue weighted by atomic mass is 16.5. The average molecular weight is 668 g/mol. The summed E-state index contributed by atoms with van der Waals surface area (Å²) in [6.07, 6.45) is 30.4. The summed E-state index contributed by atoms with van der Waals surface area (Å²) in [4.78, 5) is 26.7. The maximum atomic E-state index is 12.2. The highest BCUT2D eigenvalue weighted by Gasteiger charge is 2.18. The second kappa shape index (κ2) is 34.7. The molecule has 2 unspecified atom stereocenters. The third kappa shape index (κ3) is 29.5. The van der Waals surface area contributed by atoms with Crippen LogP contribution in [-0.4, -0.2) is 63.4 Å². The molecule has 0 aliphatic heterocycles. The SMILES string of the molecule is CCCCC(CC)C(=O)OCCCCCCCCCC(CCCCCCCCCOC(=O)C(CC)CCCC)OCCCCN(C)C. The Bertz CT molecular complexity index is 637. The number of carbonyl (C=O) groups is 2. The highest BCUT2D eigenvalue weighted by Crippen LogP contribution is 2.19. The molecule has 0 aromatic rings. The molecule has 0 heterocycles. The molecule has 0 spiro atoms. The molecule has 0 aromatic carbocycles. The Labute approximate surface area is 293 Å². The van der Waals surface area contributed by atoms with Crippen LogP contribution in [0.25, 0.3) is 0 Å². The molecular weight excluding hydrogens is 586 g/mol. The molecular formula is C41H81NO5. The Hall–Kier alpha value is -1.14. The first-order valence-electron chi connectivity index (χ1n) is 20.5. The standard InChI is InChI=1S/C41H81NO5/c1-7-11-29-37(9-3)40(43)46-35-26-21-17-13-15-19-23-31-39(45-34-28-25-33-42(5)6)32-24-20-16-14-18-22-27-36-47-41(44)38(10-4)30-12-8-2/h37-39H,7-36H2,1-6H3. The average Bonchev–Trinajstić information content (AvgIpc) is 3.06. The zero-order chi connectivity index (χ0) is 34.8. The number of hydrogen-bond acceptors (Lipinski definition) is 6. The van der Waals surface area contributed by atoms with Crippen LogP contribution in [0.2, 0.25) is 0 Å². The van der Waals surface area contributed by atoms with Crippen molar-refractivity contribution in [2.45, 2.75) is 201 Å². The van der Waals surface area contributed by atoms with Crippen molar-refractivity contribution in [1.29, 1.82) is 0 Å². The second-order valence-electron chi connectivity index (χ2n) is 14.4. The number of nitrogens with zero attached hydrogens (tertiary/aromatic N) is 1. The maximum Gasteiger partial charge on any atom is 0.308 e. The van der Waals surface area contributed by atoms with E-state index in [9.17, 15) is 9.59 Å². The fourth-order valence-electron chi connectivity index (χ4n) is 6.27. The van der Waals surface area contributed by atoms with E-state index < -0.39 is 0 Å². The summed E-state index contributed by atoms with van der Waals surface area (Å²) in [6, 6.07) is 0. The van der Waals surface area contributed by atoms with E-state index in [0.717, 1.165) is 96.6 Å². The Morgan fingerprint density at radius 1 is 0.468 bits per heavy atom. The van der Waals surface area contributed by atoms with Gasteiger partial charge in [0.1, 0.15) is 0 Å². The summed E-state index contributed by atoms with van der Waals surface area (Å²) in [6.45, 7) is 11.7. The van der Waals surface area contributed by atoms with Gasteiger partial charge in [0, 0.05) is 6.61 Å². The smallest absolute Gasteiger partial charge is 0.308 e. The van der Waals surface area contributed by atoms with Crippen molar-refractivity contribution >= 4 is 11.9 Å². The summed E-state index contributed by atoms with van der Waals surface area (Å²) in [5, 5.41) is 0. The lowest BCUT2D eigenvalue weighted by molar-refractivity contribution is -0.150.